The zero-order valence-corrected chi connectivity index (χ0v) is 12.3. The Morgan fingerprint density at radius 3 is 2.63 bits per heavy atom. The number of aromatic nitrogens is 1. The molecule has 98 valence electrons. The summed E-state index contributed by atoms with van der Waals surface area (Å²) in [5.74, 6) is 0.149. The predicted molar refractivity (Wildman–Crippen MR) is 80.2 cm³/mol. The highest BCUT2D eigenvalue weighted by molar-refractivity contribution is 9.10. The van der Waals surface area contributed by atoms with Crippen LogP contribution in [0.2, 0.25) is 0 Å². The summed E-state index contributed by atoms with van der Waals surface area (Å²) in [6, 6.07) is 8.91. The third kappa shape index (κ3) is 3.32. The number of hydrogen-bond acceptors (Lipinski definition) is 3. The number of pyridine rings is 1. The first-order valence-corrected chi connectivity index (χ1v) is 6.56. The monoisotopic (exact) mass is 319 g/mol. The molecule has 0 fully saturated rings. The summed E-state index contributed by atoms with van der Waals surface area (Å²) in [6.07, 6.45) is 0. The Morgan fingerprint density at radius 2 is 2.00 bits per heavy atom. The number of carbonyl (C=O) groups is 1. The highest BCUT2D eigenvalue weighted by Crippen LogP contribution is 2.20. The van der Waals surface area contributed by atoms with Gasteiger partial charge in [0, 0.05) is 21.4 Å². The van der Waals surface area contributed by atoms with Crippen LogP contribution in [0.4, 0.5) is 11.5 Å². The molecule has 0 aliphatic heterocycles. The number of amides is 1. The summed E-state index contributed by atoms with van der Waals surface area (Å²) in [4.78, 5) is 16.1. The Balaban J connectivity index is 2.22. The first-order valence-electron chi connectivity index (χ1n) is 5.77. The smallest absolute Gasteiger partial charge is 0.255 e. The van der Waals surface area contributed by atoms with E-state index in [2.05, 4.69) is 26.2 Å². The van der Waals surface area contributed by atoms with Gasteiger partial charge in [-0.25, -0.2) is 4.98 Å². The first-order chi connectivity index (χ1) is 8.95. The maximum absolute atomic E-state index is 12.1. The molecule has 3 N–H and O–H groups in total. The summed E-state index contributed by atoms with van der Waals surface area (Å²) >= 11 is 3.42. The van der Waals surface area contributed by atoms with Gasteiger partial charge in [-0.05, 0) is 49.7 Å². The Bertz CT molecular complexity index is 620. The molecule has 2 rings (SSSR count). The number of nitrogens with two attached hydrogens (primary N) is 1. The zero-order valence-electron chi connectivity index (χ0n) is 10.7. The van der Waals surface area contributed by atoms with Crippen LogP contribution in [-0.2, 0) is 0 Å². The number of halogens is 1. The number of hydrogen-bond donors (Lipinski definition) is 2. The number of nitrogen functional groups attached to an aromatic ring is 1. The molecular weight excluding hydrogens is 306 g/mol. The van der Waals surface area contributed by atoms with Crippen molar-refractivity contribution in [2.24, 2.45) is 0 Å². The van der Waals surface area contributed by atoms with Crippen LogP contribution in [0.1, 0.15) is 21.6 Å². The van der Waals surface area contributed by atoms with Gasteiger partial charge in [0.2, 0.25) is 0 Å². The van der Waals surface area contributed by atoms with Crippen LogP contribution in [0.25, 0.3) is 0 Å². The average Bonchev–Trinajstić information content (AvgIpc) is 2.32. The van der Waals surface area contributed by atoms with E-state index in [0.717, 1.165) is 21.4 Å². The van der Waals surface area contributed by atoms with Gasteiger partial charge in [-0.2, -0.15) is 0 Å². The van der Waals surface area contributed by atoms with Gasteiger partial charge in [0.1, 0.15) is 5.82 Å². The fourth-order valence-corrected chi connectivity index (χ4v) is 2.00. The number of nitrogens with zero attached hydrogens (tertiary/aromatic N) is 1. The fraction of sp³-hybridized carbons (Fsp3) is 0.143. The van der Waals surface area contributed by atoms with E-state index in [-0.39, 0.29) is 5.91 Å². The number of benzene rings is 1. The summed E-state index contributed by atoms with van der Waals surface area (Å²) in [5.41, 5.74) is 8.67. The number of anilines is 2. The molecule has 1 amide bonds. The average molecular weight is 320 g/mol. The van der Waals surface area contributed by atoms with Crippen LogP contribution in [0.3, 0.4) is 0 Å². The van der Waals surface area contributed by atoms with Crippen LogP contribution in [0.5, 0.6) is 0 Å². The van der Waals surface area contributed by atoms with Crippen LogP contribution in [0, 0.1) is 13.8 Å². The van der Waals surface area contributed by atoms with E-state index in [0.29, 0.717) is 11.4 Å². The quantitative estimate of drug-likeness (QED) is 0.892. The lowest BCUT2D eigenvalue weighted by molar-refractivity contribution is 0.102. The molecule has 0 aliphatic rings. The second-order valence-corrected chi connectivity index (χ2v) is 5.19. The van der Waals surface area contributed by atoms with E-state index in [1.54, 1.807) is 19.1 Å². The maximum atomic E-state index is 12.1. The van der Waals surface area contributed by atoms with Crippen LogP contribution < -0.4 is 11.1 Å². The topological polar surface area (TPSA) is 68.0 Å². The molecule has 0 saturated heterocycles. The number of carbonyl (C=O) groups excluding carboxylic acids is 1. The molecule has 4 nitrogen and oxygen atoms in total. The molecule has 0 atom stereocenters. The molecule has 1 aromatic carbocycles. The van der Waals surface area contributed by atoms with Gasteiger partial charge in [-0.3, -0.25) is 4.79 Å². The second kappa shape index (κ2) is 5.40. The molecule has 1 aromatic heterocycles. The molecular formula is C14H14BrN3O. The molecule has 0 radical (unpaired) electrons. The van der Waals surface area contributed by atoms with Gasteiger partial charge in [-0.15, -0.1) is 0 Å². The molecule has 0 saturated carbocycles. The minimum absolute atomic E-state index is 0.195. The Hall–Kier alpha value is -1.88. The summed E-state index contributed by atoms with van der Waals surface area (Å²) in [7, 11) is 0. The Morgan fingerprint density at radius 1 is 1.26 bits per heavy atom. The highest BCUT2D eigenvalue weighted by Gasteiger charge is 2.08. The van der Waals surface area contributed by atoms with Crippen molar-refractivity contribution < 1.29 is 4.79 Å². The third-order valence-electron chi connectivity index (χ3n) is 2.65. The van der Waals surface area contributed by atoms with Crippen molar-refractivity contribution in [2.75, 3.05) is 11.1 Å². The van der Waals surface area contributed by atoms with Crippen molar-refractivity contribution in [1.29, 1.82) is 0 Å². The zero-order chi connectivity index (χ0) is 14.0. The molecule has 19 heavy (non-hydrogen) atoms. The van der Waals surface area contributed by atoms with Gasteiger partial charge >= 0.3 is 0 Å². The van der Waals surface area contributed by atoms with E-state index < -0.39 is 0 Å². The second-order valence-electron chi connectivity index (χ2n) is 4.34. The largest absolute Gasteiger partial charge is 0.384 e. The number of aryl methyl sites for hydroxylation is 2. The van der Waals surface area contributed by atoms with E-state index in [9.17, 15) is 4.79 Å². The predicted octanol–water partition coefficient (Wildman–Crippen LogP) is 3.30. The molecule has 1 heterocycles. The highest BCUT2D eigenvalue weighted by atomic mass is 79.9. The van der Waals surface area contributed by atoms with Crippen molar-refractivity contribution in [3.8, 4) is 0 Å². The molecule has 0 aliphatic carbocycles. The van der Waals surface area contributed by atoms with Crippen molar-refractivity contribution >= 4 is 33.3 Å². The van der Waals surface area contributed by atoms with Gasteiger partial charge in [0.15, 0.2) is 0 Å². The van der Waals surface area contributed by atoms with Gasteiger partial charge in [0.25, 0.3) is 5.91 Å². The van der Waals surface area contributed by atoms with Gasteiger partial charge in [0.05, 0.1) is 0 Å². The maximum Gasteiger partial charge on any atom is 0.255 e. The minimum atomic E-state index is -0.195. The number of nitrogens with one attached hydrogen (secondary N) is 1. The summed E-state index contributed by atoms with van der Waals surface area (Å²) in [5, 5.41) is 2.84. The fourth-order valence-electron chi connectivity index (χ4n) is 1.75. The van der Waals surface area contributed by atoms with Crippen LogP contribution >= 0.6 is 15.9 Å². The lowest BCUT2D eigenvalue weighted by atomic mass is 10.2. The van der Waals surface area contributed by atoms with Crippen molar-refractivity contribution in [1.82, 2.24) is 4.98 Å². The van der Waals surface area contributed by atoms with Crippen molar-refractivity contribution in [2.45, 2.75) is 13.8 Å². The van der Waals surface area contributed by atoms with Crippen molar-refractivity contribution in [3.05, 3.63) is 51.6 Å². The normalized spacial score (nSPS) is 10.3. The van der Waals surface area contributed by atoms with Gasteiger partial charge in [-0.1, -0.05) is 15.9 Å². The lowest BCUT2D eigenvalue weighted by Gasteiger charge is -2.08. The molecule has 0 unspecified atom stereocenters. The Kier molecular flexibility index (Phi) is 3.85. The van der Waals surface area contributed by atoms with Crippen LogP contribution in [-0.4, -0.2) is 10.9 Å². The lowest BCUT2D eigenvalue weighted by Crippen LogP contribution is -2.13. The molecule has 0 spiro atoms. The SMILES string of the molecule is Cc1cc(C(=O)Nc2ccc(Br)c(C)c2)cc(N)n1. The van der Waals surface area contributed by atoms with Crippen LogP contribution in [0.15, 0.2) is 34.8 Å². The minimum Gasteiger partial charge on any atom is -0.384 e. The third-order valence-corrected chi connectivity index (χ3v) is 3.54. The Labute approximate surface area is 120 Å². The summed E-state index contributed by atoms with van der Waals surface area (Å²) in [6.45, 7) is 3.77. The van der Waals surface area contributed by atoms with E-state index in [1.807, 2.05) is 25.1 Å². The molecule has 5 heteroatoms. The molecule has 0 bridgehead atoms. The van der Waals surface area contributed by atoms with Crippen molar-refractivity contribution in [3.63, 3.8) is 0 Å². The van der Waals surface area contributed by atoms with E-state index >= 15 is 0 Å². The number of rotatable bonds is 2. The summed E-state index contributed by atoms with van der Waals surface area (Å²) < 4.78 is 1.01. The molecule has 2 aromatic rings. The van der Waals surface area contributed by atoms with E-state index in [1.165, 1.54) is 0 Å². The van der Waals surface area contributed by atoms with E-state index in [4.69, 9.17) is 5.73 Å². The first kappa shape index (κ1) is 13.5. The standard InChI is InChI=1S/C14H14BrN3O/c1-8-5-11(3-4-12(8)15)18-14(19)10-6-9(2)17-13(16)7-10/h3-7H,1-2H3,(H2,16,17)(H,18,19). The van der Waals surface area contributed by atoms with Gasteiger partial charge < -0.3 is 11.1 Å².